The van der Waals surface area contributed by atoms with Crippen LogP contribution in [-0.2, 0) is 5.54 Å². The molecule has 2 heterocycles. The van der Waals surface area contributed by atoms with Gasteiger partial charge in [-0.1, -0.05) is 0 Å². The standard InChI is InChI=1S/C20H19F3N6O2/c1-19(10-24)5-6-20(17(22)23,29-18(19)25)12-7-11(3-4-13(12)21)28-16(30)14-8-27-15(31-2)9-26-14/h3-4,7-9,17H,5-6H2,1-2H3,(H2,25,29)(H,28,30)/t19-,20+/m0/s1. The molecule has 1 aliphatic rings. The van der Waals surface area contributed by atoms with Crippen LogP contribution in [0.1, 0.15) is 35.8 Å². The van der Waals surface area contributed by atoms with E-state index in [-0.39, 0.29) is 35.9 Å². The van der Waals surface area contributed by atoms with E-state index in [1.54, 1.807) is 0 Å². The number of nitriles is 1. The van der Waals surface area contributed by atoms with E-state index in [0.29, 0.717) is 0 Å². The summed E-state index contributed by atoms with van der Waals surface area (Å²) in [6.45, 7) is 1.49. The number of carbonyl (C=O) groups excluding carboxylic acids is 1. The number of hydrogen-bond donors (Lipinski definition) is 2. The number of anilines is 1. The molecule has 0 radical (unpaired) electrons. The lowest BCUT2D eigenvalue weighted by atomic mass is 9.74. The second kappa shape index (κ2) is 8.22. The number of benzene rings is 1. The van der Waals surface area contributed by atoms with Crippen molar-refractivity contribution in [3.63, 3.8) is 0 Å². The van der Waals surface area contributed by atoms with Crippen LogP contribution in [0.5, 0.6) is 5.88 Å². The summed E-state index contributed by atoms with van der Waals surface area (Å²) in [6, 6.07) is 5.23. The van der Waals surface area contributed by atoms with Gasteiger partial charge in [-0.2, -0.15) is 5.26 Å². The van der Waals surface area contributed by atoms with Crippen LogP contribution in [0.25, 0.3) is 0 Å². The largest absolute Gasteiger partial charge is 0.480 e. The summed E-state index contributed by atoms with van der Waals surface area (Å²) in [4.78, 5) is 24.1. The number of alkyl halides is 2. The summed E-state index contributed by atoms with van der Waals surface area (Å²) in [5.74, 6) is -1.69. The fourth-order valence-electron chi connectivity index (χ4n) is 3.22. The Kier molecular flexibility index (Phi) is 5.83. The Balaban J connectivity index is 1.97. The number of methoxy groups -OCH3 is 1. The van der Waals surface area contributed by atoms with Crippen molar-refractivity contribution in [2.75, 3.05) is 12.4 Å². The van der Waals surface area contributed by atoms with Gasteiger partial charge < -0.3 is 15.8 Å². The van der Waals surface area contributed by atoms with Crippen molar-refractivity contribution >= 4 is 17.4 Å². The summed E-state index contributed by atoms with van der Waals surface area (Å²) in [7, 11) is 1.39. The Morgan fingerprint density at radius 3 is 2.61 bits per heavy atom. The molecule has 0 spiro atoms. The first-order valence-electron chi connectivity index (χ1n) is 9.18. The highest BCUT2D eigenvalue weighted by atomic mass is 19.3. The molecule has 0 aliphatic carbocycles. The molecule has 1 aromatic heterocycles. The van der Waals surface area contributed by atoms with Crippen LogP contribution in [0.15, 0.2) is 35.6 Å². The first kappa shape index (κ1) is 22.0. The number of amidine groups is 1. The highest BCUT2D eigenvalue weighted by Crippen LogP contribution is 2.46. The Morgan fingerprint density at radius 2 is 2.06 bits per heavy atom. The Morgan fingerprint density at radius 1 is 1.32 bits per heavy atom. The number of nitrogens with zero attached hydrogens (tertiary/aromatic N) is 4. The summed E-state index contributed by atoms with van der Waals surface area (Å²) in [6.07, 6.45) is -1.01. The maximum Gasteiger partial charge on any atom is 0.275 e. The van der Waals surface area contributed by atoms with Crippen molar-refractivity contribution < 1.29 is 22.7 Å². The van der Waals surface area contributed by atoms with Crippen molar-refractivity contribution in [2.45, 2.75) is 31.7 Å². The smallest absolute Gasteiger partial charge is 0.275 e. The molecule has 1 aromatic carbocycles. The van der Waals surface area contributed by atoms with Gasteiger partial charge in [-0.25, -0.2) is 23.1 Å². The van der Waals surface area contributed by atoms with E-state index in [1.807, 2.05) is 6.07 Å². The van der Waals surface area contributed by atoms with Gasteiger partial charge in [0.1, 0.15) is 22.8 Å². The summed E-state index contributed by atoms with van der Waals surface area (Å²) >= 11 is 0. The zero-order chi connectivity index (χ0) is 22.8. The molecule has 31 heavy (non-hydrogen) atoms. The number of hydrogen-bond acceptors (Lipinski definition) is 7. The Bertz CT molecular complexity index is 1070. The number of amides is 1. The molecule has 162 valence electrons. The minimum Gasteiger partial charge on any atom is -0.480 e. The van der Waals surface area contributed by atoms with Gasteiger partial charge in [-0.15, -0.1) is 0 Å². The van der Waals surface area contributed by atoms with Crippen LogP contribution >= 0.6 is 0 Å². The second-order valence-electron chi connectivity index (χ2n) is 7.26. The van der Waals surface area contributed by atoms with Gasteiger partial charge in [0.2, 0.25) is 5.88 Å². The van der Waals surface area contributed by atoms with E-state index in [4.69, 9.17) is 10.5 Å². The van der Waals surface area contributed by atoms with Gasteiger partial charge in [0.05, 0.1) is 25.6 Å². The van der Waals surface area contributed by atoms with Crippen LogP contribution in [0.4, 0.5) is 18.9 Å². The number of nitrogens with one attached hydrogen (secondary N) is 1. The zero-order valence-corrected chi connectivity index (χ0v) is 16.7. The summed E-state index contributed by atoms with van der Waals surface area (Å²) < 4.78 is 47.9. The van der Waals surface area contributed by atoms with Crippen molar-refractivity contribution in [2.24, 2.45) is 16.1 Å². The van der Waals surface area contributed by atoms with Gasteiger partial charge >= 0.3 is 0 Å². The summed E-state index contributed by atoms with van der Waals surface area (Å²) in [5.41, 5.74) is 1.91. The van der Waals surface area contributed by atoms with Crippen molar-refractivity contribution in [1.82, 2.24) is 9.97 Å². The Hall–Kier alpha value is -3.68. The van der Waals surface area contributed by atoms with Crippen LogP contribution in [0.2, 0.25) is 0 Å². The molecular formula is C20H19F3N6O2. The molecule has 1 aliphatic heterocycles. The molecule has 8 nitrogen and oxygen atoms in total. The molecule has 0 saturated carbocycles. The van der Waals surface area contributed by atoms with Crippen molar-refractivity contribution in [3.8, 4) is 11.9 Å². The molecule has 0 saturated heterocycles. The summed E-state index contributed by atoms with van der Waals surface area (Å²) in [5, 5.41) is 11.8. The van der Waals surface area contributed by atoms with Gasteiger partial charge in [-0.3, -0.25) is 9.79 Å². The van der Waals surface area contributed by atoms with Crippen molar-refractivity contribution in [3.05, 3.63) is 47.7 Å². The van der Waals surface area contributed by atoms with Gasteiger partial charge in [-0.05, 0) is 38.0 Å². The molecular weight excluding hydrogens is 413 g/mol. The van der Waals surface area contributed by atoms with E-state index in [1.165, 1.54) is 32.5 Å². The number of nitrogens with two attached hydrogens (primary N) is 1. The molecule has 11 heteroatoms. The fraction of sp³-hybridized carbons (Fsp3) is 0.350. The molecule has 0 unspecified atom stereocenters. The third-order valence-corrected chi connectivity index (χ3v) is 5.26. The molecule has 2 aromatic rings. The van der Waals surface area contributed by atoms with Crippen molar-refractivity contribution in [1.29, 1.82) is 5.26 Å². The second-order valence-corrected chi connectivity index (χ2v) is 7.26. The van der Waals surface area contributed by atoms with Gasteiger partial charge in [0.25, 0.3) is 12.3 Å². The molecule has 3 N–H and O–H groups in total. The van der Waals surface area contributed by atoms with E-state index >= 15 is 0 Å². The van der Waals surface area contributed by atoms with E-state index in [9.17, 15) is 23.2 Å². The predicted molar refractivity (Wildman–Crippen MR) is 105 cm³/mol. The number of rotatable bonds is 5. The SMILES string of the molecule is COc1cnc(C(=O)Nc2ccc(F)c([C@@]3(C(F)F)CC[C@@](C)(C#N)C(N)=N3)c2)cn1. The Labute approximate surface area is 176 Å². The topological polar surface area (TPSA) is 126 Å². The molecule has 0 bridgehead atoms. The molecule has 2 atom stereocenters. The number of carbonyl (C=O) groups is 1. The van der Waals surface area contributed by atoms with E-state index < -0.39 is 34.7 Å². The monoisotopic (exact) mass is 432 g/mol. The lowest BCUT2D eigenvalue weighted by molar-refractivity contribution is 0.0371. The van der Waals surface area contributed by atoms with E-state index in [0.717, 1.165) is 12.1 Å². The zero-order valence-electron chi connectivity index (χ0n) is 16.7. The third kappa shape index (κ3) is 4.01. The van der Waals surface area contributed by atoms with Crippen LogP contribution < -0.4 is 15.8 Å². The van der Waals surface area contributed by atoms with E-state index in [2.05, 4.69) is 20.3 Å². The third-order valence-electron chi connectivity index (χ3n) is 5.26. The maximum atomic E-state index is 14.6. The minimum atomic E-state index is -3.10. The molecule has 0 fully saturated rings. The number of ether oxygens (including phenoxy) is 1. The average molecular weight is 432 g/mol. The first-order chi connectivity index (χ1) is 14.6. The number of aromatic nitrogens is 2. The normalized spacial score (nSPS) is 23.1. The van der Waals surface area contributed by atoms with Crippen LogP contribution in [-0.4, -0.2) is 35.2 Å². The minimum absolute atomic E-state index is 0.0271. The predicted octanol–water partition coefficient (Wildman–Crippen LogP) is 3.02. The molecule has 1 amide bonds. The average Bonchev–Trinajstić information content (AvgIpc) is 2.77. The van der Waals surface area contributed by atoms with Gasteiger partial charge in [0.15, 0.2) is 5.54 Å². The van der Waals surface area contributed by atoms with Crippen LogP contribution in [0.3, 0.4) is 0 Å². The fourth-order valence-corrected chi connectivity index (χ4v) is 3.22. The lowest BCUT2D eigenvalue weighted by Crippen LogP contribution is -2.46. The first-order valence-corrected chi connectivity index (χ1v) is 9.18. The quantitative estimate of drug-likeness (QED) is 0.748. The van der Waals surface area contributed by atoms with Gasteiger partial charge in [0, 0.05) is 11.3 Å². The maximum absolute atomic E-state index is 14.6. The molecule has 3 rings (SSSR count). The highest BCUT2D eigenvalue weighted by molar-refractivity contribution is 6.02. The number of aliphatic imine (C=N–C) groups is 1. The lowest BCUT2D eigenvalue weighted by Gasteiger charge is -2.38. The number of halogens is 3. The highest BCUT2D eigenvalue weighted by Gasteiger charge is 2.50. The van der Waals surface area contributed by atoms with Crippen LogP contribution in [0, 0.1) is 22.6 Å².